The molecule has 88 valence electrons. The average Bonchev–Trinajstić information content (AvgIpc) is 2.14. The van der Waals surface area contributed by atoms with Gasteiger partial charge in [-0.2, -0.15) is 0 Å². The topological polar surface area (TPSA) is 24.1 Å². The highest BCUT2D eigenvalue weighted by Crippen LogP contribution is 2.11. The quantitative estimate of drug-likeness (QED) is 0.770. The molecule has 0 amide bonds. The Morgan fingerprint density at radius 1 is 1.31 bits per heavy atom. The van der Waals surface area contributed by atoms with Crippen molar-refractivity contribution < 1.29 is 0 Å². The van der Waals surface area contributed by atoms with E-state index in [1.54, 1.807) is 0 Å². The third kappa shape index (κ3) is 5.12. The monoisotopic (exact) mass is 236 g/mol. The Bertz CT molecular complexity index is 366. The molecule has 2 nitrogen and oxygen atoms in total. The second-order valence-electron chi connectivity index (χ2n) is 5.24. The summed E-state index contributed by atoms with van der Waals surface area (Å²) in [5.41, 5.74) is 2.49. The lowest BCUT2D eigenvalue weighted by atomic mass is 9.97. The number of anilines is 1. The van der Waals surface area contributed by atoms with Gasteiger partial charge in [-0.15, -0.1) is 0 Å². The predicted molar refractivity (Wildman–Crippen MR) is 74.9 cm³/mol. The van der Waals surface area contributed by atoms with Gasteiger partial charge < -0.3 is 10.6 Å². The molecule has 16 heavy (non-hydrogen) atoms. The number of aryl methyl sites for hydroxylation is 1. The molecule has 0 spiro atoms. The SMILES string of the molecule is Cc1cccc(NC(=S)NCC(C)(C)C)c1. The van der Waals surface area contributed by atoms with E-state index in [4.69, 9.17) is 12.2 Å². The van der Waals surface area contributed by atoms with Crippen LogP contribution in [0.5, 0.6) is 0 Å². The fourth-order valence-electron chi connectivity index (χ4n) is 1.24. The summed E-state index contributed by atoms with van der Waals surface area (Å²) in [6.45, 7) is 9.46. The molecule has 2 N–H and O–H groups in total. The molecule has 3 heteroatoms. The summed E-state index contributed by atoms with van der Waals surface area (Å²) >= 11 is 5.23. The second kappa shape index (κ2) is 5.30. The van der Waals surface area contributed by atoms with Gasteiger partial charge in [0, 0.05) is 12.2 Å². The van der Waals surface area contributed by atoms with E-state index in [1.807, 2.05) is 12.1 Å². The smallest absolute Gasteiger partial charge is 0.170 e. The predicted octanol–water partition coefficient (Wildman–Crippen LogP) is 3.33. The van der Waals surface area contributed by atoms with Crippen LogP contribution >= 0.6 is 12.2 Å². The van der Waals surface area contributed by atoms with E-state index in [2.05, 4.69) is 50.5 Å². The normalized spacial score (nSPS) is 11.0. The lowest BCUT2D eigenvalue weighted by Crippen LogP contribution is -2.35. The first-order valence-corrected chi connectivity index (χ1v) is 5.89. The van der Waals surface area contributed by atoms with E-state index in [-0.39, 0.29) is 5.41 Å². The molecule has 1 aromatic rings. The number of nitrogens with one attached hydrogen (secondary N) is 2. The summed E-state index contributed by atoms with van der Waals surface area (Å²) in [6.07, 6.45) is 0. The molecule has 0 saturated heterocycles. The standard InChI is InChI=1S/C13H20N2S/c1-10-6-5-7-11(8-10)15-12(16)14-9-13(2,3)4/h5-8H,9H2,1-4H3,(H2,14,15,16). The first-order chi connectivity index (χ1) is 7.37. The molecule has 0 unspecified atom stereocenters. The summed E-state index contributed by atoms with van der Waals surface area (Å²) in [7, 11) is 0. The van der Waals surface area contributed by atoms with E-state index < -0.39 is 0 Å². The van der Waals surface area contributed by atoms with Gasteiger partial charge >= 0.3 is 0 Å². The van der Waals surface area contributed by atoms with E-state index in [9.17, 15) is 0 Å². The van der Waals surface area contributed by atoms with Crippen molar-refractivity contribution in [1.29, 1.82) is 0 Å². The van der Waals surface area contributed by atoms with Gasteiger partial charge in [-0.05, 0) is 42.3 Å². The summed E-state index contributed by atoms with van der Waals surface area (Å²) < 4.78 is 0. The number of thiocarbonyl (C=S) groups is 1. The molecule has 0 aromatic heterocycles. The maximum atomic E-state index is 5.23. The maximum absolute atomic E-state index is 5.23. The zero-order chi connectivity index (χ0) is 12.2. The van der Waals surface area contributed by atoms with Crippen LogP contribution in [-0.4, -0.2) is 11.7 Å². The molecule has 1 rings (SSSR count). The van der Waals surface area contributed by atoms with Gasteiger partial charge in [0.2, 0.25) is 0 Å². The molecule has 0 radical (unpaired) electrons. The molecule has 0 aliphatic heterocycles. The van der Waals surface area contributed by atoms with Crippen LogP contribution in [0.25, 0.3) is 0 Å². The van der Waals surface area contributed by atoms with Gasteiger partial charge in [-0.1, -0.05) is 32.9 Å². The van der Waals surface area contributed by atoms with Gasteiger partial charge in [-0.25, -0.2) is 0 Å². The zero-order valence-corrected chi connectivity index (χ0v) is 11.2. The molecule has 0 bridgehead atoms. The molecule has 0 fully saturated rings. The molecule has 0 atom stereocenters. The van der Waals surface area contributed by atoms with Crippen molar-refractivity contribution in [3.05, 3.63) is 29.8 Å². The lowest BCUT2D eigenvalue weighted by molar-refractivity contribution is 0.409. The number of hydrogen-bond donors (Lipinski definition) is 2. The summed E-state index contributed by atoms with van der Waals surface area (Å²) in [5.74, 6) is 0. The van der Waals surface area contributed by atoms with Crippen LogP contribution < -0.4 is 10.6 Å². The average molecular weight is 236 g/mol. The first-order valence-electron chi connectivity index (χ1n) is 5.48. The largest absolute Gasteiger partial charge is 0.362 e. The van der Waals surface area contributed by atoms with E-state index in [1.165, 1.54) is 5.56 Å². The zero-order valence-electron chi connectivity index (χ0n) is 10.4. The van der Waals surface area contributed by atoms with Crippen molar-refractivity contribution in [2.75, 3.05) is 11.9 Å². The van der Waals surface area contributed by atoms with Crippen LogP contribution in [0.1, 0.15) is 26.3 Å². The van der Waals surface area contributed by atoms with Crippen LogP contribution in [0.15, 0.2) is 24.3 Å². The molecular weight excluding hydrogens is 216 g/mol. The minimum absolute atomic E-state index is 0.234. The molecular formula is C13H20N2S. The van der Waals surface area contributed by atoms with Crippen LogP contribution in [0.3, 0.4) is 0 Å². The van der Waals surface area contributed by atoms with Crippen molar-refractivity contribution >= 4 is 23.0 Å². The molecule has 0 heterocycles. The summed E-state index contributed by atoms with van der Waals surface area (Å²) in [6, 6.07) is 8.17. The Labute approximate surface area is 103 Å². The van der Waals surface area contributed by atoms with Crippen molar-refractivity contribution in [2.45, 2.75) is 27.7 Å². The minimum Gasteiger partial charge on any atom is -0.362 e. The van der Waals surface area contributed by atoms with Crippen molar-refractivity contribution in [1.82, 2.24) is 5.32 Å². The van der Waals surface area contributed by atoms with E-state index in [0.29, 0.717) is 5.11 Å². The van der Waals surface area contributed by atoms with E-state index in [0.717, 1.165) is 12.2 Å². The third-order valence-electron chi connectivity index (χ3n) is 2.06. The third-order valence-corrected chi connectivity index (χ3v) is 2.30. The maximum Gasteiger partial charge on any atom is 0.170 e. The highest BCUT2D eigenvalue weighted by Gasteiger charge is 2.10. The van der Waals surface area contributed by atoms with Crippen LogP contribution in [0.4, 0.5) is 5.69 Å². The fraction of sp³-hybridized carbons (Fsp3) is 0.462. The summed E-state index contributed by atoms with van der Waals surface area (Å²) in [5, 5.41) is 7.07. The first kappa shape index (κ1) is 13.0. The van der Waals surface area contributed by atoms with Gasteiger partial charge in [0.15, 0.2) is 5.11 Å². The Balaban J connectivity index is 2.46. The molecule has 0 aliphatic carbocycles. The minimum atomic E-state index is 0.234. The van der Waals surface area contributed by atoms with E-state index >= 15 is 0 Å². The van der Waals surface area contributed by atoms with Crippen LogP contribution in [-0.2, 0) is 0 Å². The fourth-order valence-corrected chi connectivity index (χ4v) is 1.43. The Hall–Kier alpha value is -1.09. The second-order valence-corrected chi connectivity index (χ2v) is 5.65. The van der Waals surface area contributed by atoms with Gasteiger partial charge in [0.1, 0.15) is 0 Å². The molecule has 1 aromatic carbocycles. The molecule has 0 aliphatic rings. The Morgan fingerprint density at radius 2 is 2.00 bits per heavy atom. The van der Waals surface area contributed by atoms with Crippen molar-refractivity contribution in [2.24, 2.45) is 5.41 Å². The number of hydrogen-bond acceptors (Lipinski definition) is 1. The highest BCUT2D eigenvalue weighted by molar-refractivity contribution is 7.80. The van der Waals surface area contributed by atoms with Gasteiger partial charge in [0.25, 0.3) is 0 Å². The summed E-state index contributed by atoms with van der Waals surface area (Å²) in [4.78, 5) is 0. The number of benzene rings is 1. The van der Waals surface area contributed by atoms with Gasteiger partial charge in [-0.3, -0.25) is 0 Å². The van der Waals surface area contributed by atoms with Crippen molar-refractivity contribution in [3.63, 3.8) is 0 Å². The van der Waals surface area contributed by atoms with Crippen LogP contribution in [0, 0.1) is 12.3 Å². The number of rotatable bonds is 2. The van der Waals surface area contributed by atoms with Gasteiger partial charge in [0.05, 0.1) is 0 Å². The Morgan fingerprint density at radius 3 is 2.56 bits per heavy atom. The van der Waals surface area contributed by atoms with Crippen LogP contribution in [0.2, 0.25) is 0 Å². The lowest BCUT2D eigenvalue weighted by Gasteiger charge is -2.20. The highest BCUT2D eigenvalue weighted by atomic mass is 32.1. The van der Waals surface area contributed by atoms with Crippen molar-refractivity contribution in [3.8, 4) is 0 Å². The Kier molecular flexibility index (Phi) is 4.30. The molecule has 0 saturated carbocycles.